The Kier molecular flexibility index (Phi) is 6.76. The van der Waals surface area contributed by atoms with Crippen molar-refractivity contribution in [2.24, 2.45) is 0 Å². The molecule has 7 nitrogen and oxygen atoms in total. The lowest BCUT2D eigenvalue weighted by Crippen LogP contribution is -2.29. The van der Waals surface area contributed by atoms with Crippen LogP contribution in [0.3, 0.4) is 0 Å². The lowest BCUT2D eigenvalue weighted by atomic mass is 10.3. The van der Waals surface area contributed by atoms with E-state index in [2.05, 4.69) is 5.32 Å². The highest BCUT2D eigenvalue weighted by Crippen LogP contribution is 2.28. The highest BCUT2D eigenvalue weighted by molar-refractivity contribution is 7.98. The van der Waals surface area contributed by atoms with Crippen LogP contribution in [0.15, 0.2) is 45.5 Å². The Balaban J connectivity index is 1.61. The molecule has 0 atom stereocenters. The first kappa shape index (κ1) is 20.8. The van der Waals surface area contributed by atoms with Gasteiger partial charge in [0.25, 0.3) is 5.91 Å². The largest absolute Gasteiger partial charge is 0.451 e. The van der Waals surface area contributed by atoms with Gasteiger partial charge in [-0.05, 0) is 54.8 Å². The summed E-state index contributed by atoms with van der Waals surface area (Å²) in [6.45, 7) is 0.402. The zero-order chi connectivity index (χ0) is 20.1. The number of nitrogens with one attached hydrogen (secondary N) is 1. The fraction of sp³-hybridized carbons (Fsp3) is 0.333. The van der Waals surface area contributed by atoms with Gasteiger partial charge in [-0.2, -0.15) is 4.31 Å². The van der Waals surface area contributed by atoms with E-state index in [1.54, 1.807) is 23.9 Å². The van der Waals surface area contributed by atoms with E-state index in [4.69, 9.17) is 4.74 Å². The lowest BCUT2D eigenvalue weighted by molar-refractivity contribution is -0.119. The van der Waals surface area contributed by atoms with Crippen LogP contribution < -0.4 is 5.32 Å². The van der Waals surface area contributed by atoms with Crippen LogP contribution in [0.5, 0.6) is 0 Å². The molecule has 2 heterocycles. The SMILES string of the molecule is CSc1ccc(NC(=O)COC(=O)c2sccc2S(=O)(=O)N2CCCC2)cc1. The smallest absolute Gasteiger partial charge is 0.350 e. The maximum absolute atomic E-state index is 12.7. The van der Waals surface area contributed by atoms with Crippen molar-refractivity contribution in [1.29, 1.82) is 0 Å². The van der Waals surface area contributed by atoms with Gasteiger partial charge in [0, 0.05) is 23.7 Å². The summed E-state index contributed by atoms with van der Waals surface area (Å²) in [5.74, 6) is -1.31. The molecule has 3 rings (SSSR count). The molecule has 10 heteroatoms. The molecular weight excluding hydrogens is 420 g/mol. The van der Waals surface area contributed by atoms with Gasteiger partial charge in [-0.15, -0.1) is 23.1 Å². The van der Waals surface area contributed by atoms with Crippen LogP contribution in [0.1, 0.15) is 22.5 Å². The fourth-order valence-corrected chi connectivity index (χ4v) is 5.99. The van der Waals surface area contributed by atoms with Gasteiger partial charge in [0.1, 0.15) is 9.77 Å². The molecular formula is C18H20N2O5S3. The van der Waals surface area contributed by atoms with Crippen LogP contribution in [0.2, 0.25) is 0 Å². The Morgan fingerprint density at radius 3 is 2.50 bits per heavy atom. The van der Waals surface area contributed by atoms with Crippen molar-refractivity contribution >= 4 is 50.7 Å². The molecule has 2 aromatic rings. The van der Waals surface area contributed by atoms with E-state index in [-0.39, 0.29) is 9.77 Å². The minimum Gasteiger partial charge on any atom is -0.451 e. The van der Waals surface area contributed by atoms with Gasteiger partial charge in [0.15, 0.2) is 6.61 Å². The van der Waals surface area contributed by atoms with Crippen molar-refractivity contribution in [3.63, 3.8) is 0 Å². The molecule has 0 unspecified atom stereocenters. The van der Waals surface area contributed by atoms with Gasteiger partial charge in [-0.25, -0.2) is 13.2 Å². The number of benzene rings is 1. The van der Waals surface area contributed by atoms with Crippen LogP contribution in [-0.4, -0.2) is 50.6 Å². The Morgan fingerprint density at radius 2 is 1.86 bits per heavy atom. The van der Waals surface area contributed by atoms with Crippen molar-refractivity contribution in [3.05, 3.63) is 40.6 Å². The Labute approximate surface area is 172 Å². The van der Waals surface area contributed by atoms with Gasteiger partial charge >= 0.3 is 5.97 Å². The second-order valence-electron chi connectivity index (χ2n) is 6.08. The Hall–Kier alpha value is -1.88. The van der Waals surface area contributed by atoms with Gasteiger partial charge < -0.3 is 10.1 Å². The topological polar surface area (TPSA) is 92.8 Å². The molecule has 1 saturated heterocycles. The van der Waals surface area contributed by atoms with Crippen LogP contribution in [-0.2, 0) is 19.6 Å². The summed E-state index contributed by atoms with van der Waals surface area (Å²) >= 11 is 2.58. The van der Waals surface area contributed by atoms with E-state index in [0.717, 1.165) is 29.1 Å². The van der Waals surface area contributed by atoms with Gasteiger partial charge in [0.2, 0.25) is 10.0 Å². The number of amides is 1. The summed E-state index contributed by atoms with van der Waals surface area (Å²) in [5, 5.41) is 4.17. The monoisotopic (exact) mass is 440 g/mol. The van der Waals surface area contributed by atoms with E-state index in [1.807, 2.05) is 18.4 Å². The number of carbonyl (C=O) groups is 2. The average Bonchev–Trinajstić information content (AvgIpc) is 3.39. The lowest BCUT2D eigenvalue weighted by Gasteiger charge is -2.15. The predicted molar refractivity (Wildman–Crippen MR) is 109 cm³/mol. The number of rotatable bonds is 7. The first-order chi connectivity index (χ1) is 13.4. The third-order valence-electron chi connectivity index (χ3n) is 4.21. The van der Waals surface area contributed by atoms with Crippen LogP contribution in [0.25, 0.3) is 0 Å². The van der Waals surface area contributed by atoms with Gasteiger partial charge in [0.05, 0.1) is 0 Å². The van der Waals surface area contributed by atoms with E-state index in [0.29, 0.717) is 18.8 Å². The fourth-order valence-electron chi connectivity index (χ4n) is 2.79. The van der Waals surface area contributed by atoms with Crippen LogP contribution >= 0.6 is 23.1 Å². The summed E-state index contributed by atoms with van der Waals surface area (Å²) in [4.78, 5) is 25.4. The van der Waals surface area contributed by atoms with Crippen LogP contribution in [0.4, 0.5) is 5.69 Å². The molecule has 1 aliphatic heterocycles. The Bertz CT molecular complexity index is 948. The third-order valence-corrected chi connectivity index (χ3v) is 7.91. The van der Waals surface area contributed by atoms with Gasteiger partial charge in [-0.3, -0.25) is 4.79 Å². The molecule has 1 fully saturated rings. The van der Waals surface area contributed by atoms with Crippen molar-refractivity contribution in [3.8, 4) is 0 Å². The maximum atomic E-state index is 12.7. The van der Waals surface area contributed by atoms with Gasteiger partial charge in [-0.1, -0.05) is 0 Å². The second-order valence-corrected chi connectivity index (χ2v) is 9.78. The Morgan fingerprint density at radius 1 is 1.18 bits per heavy atom. The van der Waals surface area contributed by atoms with Crippen molar-refractivity contribution in [1.82, 2.24) is 4.31 Å². The average molecular weight is 441 g/mol. The zero-order valence-electron chi connectivity index (χ0n) is 15.2. The summed E-state index contributed by atoms with van der Waals surface area (Å²) in [7, 11) is -3.72. The normalized spacial score (nSPS) is 14.8. The highest BCUT2D eigenvalue weighted by atomic mass is 32.2. The number of hydrogen-bond acceptors (Lipinski definition) is 7. The summed E-state index contributed by atoms with van der Waals surface area (Å²) < 4.78 is 31.8. The number of hydrogen-bond donors (Lipinski definition) is 1. The first-order valence-electron chi connectivity index (χ1n) is 8.60. The first-order valence-corrected chi connectivity index (χ1v) is 12.1. The molecule has 0 spiro atoms. The van der Waals surface area contributed by atoms with E-state index in [1.165, 1.54) is 15.8 Å². The number of thiophene rings is 1. The molecule has 28 heavy (non-hydrogen) atoms. The molecule has 0 bridgehead atoms. The number of ether oxygens (including phenoxy) is 1. The second kappa shape index (κ2) is 9.08. The minimum atomic E-state index is -3.72. The summed E-state index contributed by atoms with van der Waals surface area (Å²) in [6.07, 6.45) is 3.57. The molecule has 1 aromatic heterocycles. The number of nitrogens with zero attached hydrogens (tertiary/aromatic N) is 1. The molecule has 1 N–H and O–H groups in total. The van der Waals surface area contributed by atoms with Crippen molar-refractivity contribution in [2.45, 2.75) is 22.6 Å². The maximum Gasteiger partial charge on any atom is 0.350 e. The third kappa shape index (κ3) is 4.75. The van der Waals surface area contributed by atoms with E-state index in [9.17, 15) is 18.0 Å². The molecule has 1 aromatic carbocycles. The summed E-state index contributed by atoms with van der Waals surface area (Å²) in [5.41, 5.74) is 0.590. The molecule has 1 aliphatic rings. The van der Waals surface area contributed by atoms with Crippen LogP contribution in [0, 0.1) is 0 Å². The van der Waals surface area contributed by atoms with Crippen molar-refractivity contribution < 1.29 is 22.7 Å². The molecule has 150 valence electrons. The van der Waals surface area contributed by atoms with Crippen molar-refractivity contribution in [2.75, 3.05) is 31.3 Å². The molecule has 0 radical (unpaired) electrons. The molecule has 1 amide bonds. The number of esters is 1. The number of carbonyl (C=O) groups excluding carboxylic acids is 2. The zero-order valence-corrected chi connectivity index (χ0v) is 17.7. The summed E-state index contributed by atoms with van der Waals surface area (Å²) in [6, 6.07) is 8.65. The number of anilines is 1. The molecule has 0 saturated carbocycles. The number of sulfonamides is 1. The van der Waals surface area contributed by atoms with E-state index < -0.39 is 28.5 Å². The minimum absolute atomic E-state index is 0.0102. The number of thioether (sulfide) groups is 1. The molecule has 0 aliphatic carbocycles. The quantitative estimate of drug-likeness (QED) is 0.525. The van der Waals surface area contributed by atoms with E-state index >= 15 is 0 Å². The predicted octanol–water partition coefficient (Wildman–Crippen LogP) is 3.05. The highest BCUT2D eigenvalue weighted by Gasteiger charge is 2.32. The standard InChI is InChI=1S/C18H20N2O5S3/c1-26-14-6-4-13(5-7-14)19-16(21)12-25-18(22)17-15(8-11-27-17)28(23,24)20-9-2-3-10-20/h4-8,11H,2-3,9-10,12H2,1H3,(H,19,21).